The van der Waals surface area contributed by atoms with Crippen LogP contribution in [-0.4, -0.2) is 7.11 Å². The lowest BCUT2D eigenvalue weighted by Crippen LogP contribution is -2.20. The third-order valence-electron chi connectivity index (χ3n) is 3.78. The molecule has 0 aromatic heterocycles. The number of hydrogen-bond acceptors (Lipinski definition) is 2. The second-order valence-corrected chi connectivity index (χ2v) is 5.06. The van der Waals surface area contributed by atoms with Crippen molar-refractivity contribution >= 4 is 12.4 Å². The quantitative estimate of drug-likeness (QED) is 0.902. The standard InChI is InChI=1S/C14H18F3NO.ClH/c1-19-12-7-10(6-11(8-12)14(15,16)17)13(18)9-4-2-3-5-9;/h6-9,13H,2-5,18H2,1H3;1H/t13-;/m0./s1. The number of alkyl halides is 3. The number of ether oxygens (including phenoxy) is 1. The first kappa shape index (κ1) is 17.1. The van der Waals surface area contributed by atoms with Crippen molar-refractivity contribution in [3.63, 3.8) is 0 Å². The van der Waals surface area contributed by atoms with E-state index < -0.39 is 11.7 Å². The third kappa shape index (κ3) is 3.79. The molecule has 0 amide bonds. The van der Waals surface area contributed by atoms with Crippen LogP contribution in [0.2, 0.25) is 0 Å². The molecule has 2 rings (SSSR count). The van der Waals surface area contributed by atoms with Crippen LogP contribution in [0, 0.1) is 5.92 Å². The van der Waals surface area contributed by atoms with Crippen LogP contribution in [0.15, 0.2) is 18.2 Å². The van der Waals surface area contributed by atoms with Gasteiger partial charge in [-0.25, -0.2) is 0 Å². The summed E-state index contributed by atoms with van der Waals surface area (Å²) in [5.41, 5.74) is 5.93. The molecule has 0 spiro atoms. The summed E-state index contributed by atoms with van der Waals surface area (Å²) in [6.45, 7) is 0. The van der Waals surface area contributed by atoms with Gasteiger partial charge in [-0.1, -0.05) is 12.8 Å². The van der Waals surface area contributed by atoms with Crippen LogP contribution in [0.25, 0.3) is 0 Å². The number of methoxy groups -OCH3 is 1. The summed E-state index contributed by atoms with van der Waals surface area (Å²) in [5.74, 6) is 0.478. The van der Waals surface area contributed by atoms with Crippen molar-refractivity contribution in [2.75, 3.05) is 7.11 Å². The highest BCUT2D eigenvalue weighted by molar-refractivity contribution is 5.85. The van der Waals surface area contributed by atoms with Crippen molar-refractivity contribution < 1.29 is 17.9 Å². The Kier molecular flexibility index (Phi) is 5.71. The van der Waals surface area contributed by atoms with Gasteiger partial charge in [0.15, 0.2) is 0 Å². The van der Waals surface area contributed by atoms with Crippen LogP contribution in [-0.2, 0) is 6.18 Å². The molecule has 1 aromatic carbocycles. The zero-order valence-electron chi connectivity index (χ0n) is 11.2. The molecule has 114 valence electrons. The first-order valence-corrected chi connectivity index (χ1v) is 6.43. The third-order valence-corrected chi connectivity index (χ3v) is 3.78. The minimum Gasteiger partial charge on any atom is -0.497 e. The van der Waals surface area contributed by atoms with Gasteiger partial charge in [0.25, 0.3) is 0 Å². The molecule has 0 aliphatic heterocycles. The second-order valence-electron chi connectivity index (χ2n) is 5.06. The maximum absolute atomic E-state index is 12.8. The van der Waals surface area contributed by atoms with Crippen LogP contribution in [0.3, 0.4) is 0 Å². The largest absolute Gasteiger partial charge is 0.497 e. The van der Waals surface area contributed by atoms with Gasteiger partial charge in [0.1, 0.15) is 5.75 Å². The predicted molar refractivity (Wildman–Crippen MR) is 74.1 cm³/mol. The molecule has 2 nitrogen and oxygen atoms in total. The van der Waals surface area contributed by atoms with Crippen LogP contribution in [0.4, 0.5) is 13.2 Å². The summed E-state index contributed by atoms with van der Waals surface area (Å²) in [6.07, 6.45) is -0.193. The van der Waals surface area contributed by atoms with E-state index >= 15 is 0 Å². The molecule has 1 aromatic rings. The Morgan fingerprint density at radius 1 is 1.20 bits per heavy atom. The lowest BCUT2D eigenvalue weighted by Gasteiger charge is -2.21. The van der Waals surface area contributed by atoms with Gasteiger partial charge in [-0.3, -0.25) is 0 Å². The van der Waals surface area contributed by atoms with Crippen LogP contribution < -0.4 is 10.5 Å². The predicted octanol–water partition coefficient (Wildman–Crippen LogP) is 4.33. The topological polar surface area (TPSA) is 35.2 Å². The first-order chi connectivity index (χ1) is 8.91. The molecular formula is C14H19ClF3NO. The van der Waals surface area contributed by atoms with Crippen molar-refractivity contribution in [2.45, 2.75) is 37.9 Å². The highest BCUT2D eigenvalue weighted by Crippen LogP contribution is 2.38. The van der Waals surface area contributed by atoms with E-state index in [2.05, 4.69) is 0 Å². The number of benzene rings is 1. The van der Waals surface area contributed by atoms with Gasteiger partial charge in [0.2, 0.25) is 0 Å². The van der Waals surface area contributed by atoms with Crippen molar-refractivity contribution in [3.8, 4) is 5.75 Å². The molecule has 1 aliphatic carbocycles. The molecule has 0 unspecified atom stereocenters. The summed E-state index contributed by atoms with van der Waals surface area (Å²) in [6, 6.07) is 3.41. The minimum absolute atomic E-state index is 0. The lowest BCUT2D eigenvalue weighted by atomic mass is 9.91. The number of rotatable bonds is 3. The molecule has 0 bridgehead atoms. The molecule has 0 radical (unpaired) electrons. The molecule has 1 fully saturated rings. The molecule has 6 heteroatoms. The Balaban J connectivity index is 0.00000200. The Labute approximate surface area is 122 Å². The highest BCUT2D eigenvalue weighted by atomic mass is 35.5. The summed E-state index contributed by atoms with van der Waals surface area (Å²) < 4.78 is 43.4. The van der Waals surface area contributed by atoms with Gasteiger partial charge in [-0.2, -0.15) is 13.2 Å². The average Bonchev–Trinajstić information content (AvgIpc) is 2.90. The van der Waals surface area contributed by atoms with Gasteiger partial charge in [0.05, 0.1) is 12.7 Å². The van der Waals surface area contributed by atoms with E-state index in [0.717, 1.165) is 37.8 Å². The van der Waals surface area contributed by atoms with E-state index in [9.17, 15) is 13.2 Å². The Bertz CT molecular complexity index is 445. The summed E-state index contributed by atoms with van der Waals surface area (Å²) in [4.78, 5) is 0. The molecule has 20 heavy (non-hydrogen) atoms. The van der Waals surface area contributed by atoms with Gasteiger partial charge in [-0.05, 0) is 42.5 Å². The number of halogens is 4. The first-order valence-electron chi connectivity index (χ1n) is 6.43. The Morgan fingerprint density at radius 3 is 2.30 bits per heavy atom. The SMILES string of the molecule is COc1cc([C@@H](N)C2CCCC2)cc(C(F)(F)F)c1.Cl. The molecule has 1 atom stereocenters. The van der Waals surface area contributed by atoms with Gasteiger partial charge < -0.3 is 10.5 Å². The molecular weight excluding hydrogens is 291 g/mol. The van der Waals surface area contributed by atoms with E-state index in [0.29, 0.717) is 5.56 Å². The van der Waals surface area contributed by atoms with Crippen molar-refractivity contribution in [1.82, 2.24) is 0 Å². The fraction of sp³-hybridized carbons (Fsp3) is 0.571. The van der Waals surface area contributed by atoms with E-state index in [1.165, 1.54) is 7.11 Å². The Morgan fingerprint density at radius 2 is 1.80 bits per heavy atom. The van der Waals surface area contributed by atoms with Gasteiger partial charge in [-0.15, -0.1) is 12.4 Å². The minimum atomic E-state index is -4.38. The average molecular weight is 310 g/mol. The van der Waals surface area contributed by atoms with Crippen molar-refractivity contribution in [3.05, 3.63) is 29.3 Å². The van der Waals surface area contributed by atoms with Gasteiger partial charge >= 0.3 is 6.18 Å². The fourth-order valence-corrected chi connectivity index (χ4v) is 2.68. The molecule has 0 saturated heterocycles. The van der Waals surface area contributed by atoms with E-state index in [4.69, 9.17) is 10.5 Å². The second kappa shape index (κ2) is 6.68. The lowest BCUT2D eigenvalue weighted by molar-refractivity contribution is -0.137. The van der Waals surface area contributed by atoms with Crippen LogP contribution in [0.1, 0.15) is 42.9 Å². The Hall–Kier alpha value is -0.940. The molecule has 2 N–H and O–H groups in total. The van der Waals surface area contributed by atoms with Crippen molar-refractivity contribution in [2.24, 2.45) is 11.7 Å². The zero-order valence-corrected chi connectivity index (χ0v) is 12.1. The molecule has 1 aliphatic rings. The highest BCUT2D eigenvalue weighted by Gasteiger charge is 2.33. The molecule has 0 heterocycles. The van der Waals surface area contributed by atoms with Crippen LogP contribution >= 0.6 is 12.4 Å². The van der Waals surface area contributed by atoms with Crippen molar-refractivity contribution in [1.29, 1.82) is 0 Å². The monoisotopic (exact) mass is 309 g/mol. The maximum Gasteiger partial charge on any atom is 0.416 e. The van der Waals surface area contributed by atoms with Crippen LogP contribution in [0.5, 0.6) is 5.75 Å². The number of hydrogen-bond donors (Lipinski definition) is 1. The maximum atomic E-state index is 12.8. The summed E-state index contributed by atoms with van der Waals surface area (Å²) >= 11 is 0. The van der Waals surface area contributed by atoms with E-state index in [-0.39, 0.29) is 30.1 Å². The summed E-state index contributed by atoms with van der Waals surface area (Å²) in [7, 11) is 1.36. The van der Waals surface area contributed by atoms with Gasteiger partial charge in [0, 0.05) is 6.04 Å². The zero-order chi connectivity index (χ0) is 14.0. The smallest absolute Gasteiger partial charge is 0.416 e. The number of nitrogens with two attached hydrogens (primary N) is 1. The summed E-state index contributed by atoms with van der Waals surface area (Å²) in [5, 5.41) is 0. The van der Waals surface area contributed by atoms with E-state index in [1.54, 1.807) is 6.07 Å². The van der Waals surface area contributed by atoms with E-state index in [1.807, 2.05) is 0 Å². The molecule has 1 saturated carbocycles. The fourth-order valence-electron chi connectivity index (χ4n) is 2.68. The normalized spacial score (nSPS) is 17.6.